The number of ether oxygens (including phenoxy) is 2. The molecule has 0 spiro atoms. The van der Waals surface area contributed by atoms with Gasteiger partial charge in [-0.2, -0.15) is 4.98 Å². The Bertz CT molecular complexity index is 950. The lowest BCUT2D eigenvalue weighted by atomic mass is 10.2. The summed E-state index contributed by atoms with van der Waals surface area (Å²) >= 11 is 5.88. The van der Waals surface area contributed by atoms with Gasteiger partial charge in [0.15, 0.2) is 23.1 Å². The number of benzene rings is 2. The maximum absolute atomic E-state index is 13.9. The zero-order chi connectivity index (χ0) is 18.1. The van der Waals surface area contributed by atoms with E-state index in [1.165, 1.54) is 20.3 Å². The van der Waals surface area contributed by atoms with Crippen LogP contribution in [-0.4, -0.2) is 24.2 Å². The third-order valence-electron chi connectivity index (χ3n) is 3.42. The zero-order valence-electron chi connectivity index (χ0n) is 13.4. The van der Waals surface area contributed by atoms with Crippen LogP contribution in [0.3, 0.4) is 0 Å². The van der Waals surface area contributed by atoms with Crippen molar-refractivity contribution in [2.75, 3.05) is 19.5 Å². The molecule has 3 aromatic rings. The fourth-order valence-corrected chi connectivity index (χ4v) is 2.48. The van der Waals surface area contributed by atoms with Crippen molar-refractivity contribution in [3.05, 3.63) is 47.0 Å². The number of rotatable bonds is 4. The largest absolute Gasteiger partial charge is 0.493 e. The first-order chi connectivity index (χ1) is 11.9. The Morgan fingerprint density at radius 3 is 2.08 bits per heavy atom. The van der Waals surface area contributed by atoms with E-state index in [2.05, 4.69) is 15.3 Å². The fourth-order valence-electron chi connectivity index (χ4n) is 2.30. The van der Waals surface area contributed by atoms with Gasteiger partial charge in [0.05, 0.1) is 19.7 Å². The van der Waals surface area contributed by atoms with E-state index in [0.29, 0.717) is 34.5 Å². The first kappa shape index (κ1) is 19.9. The van der Waals surface area contributed by atoms with Crippen molar-refractivity contribution in [2.24, 2.45) is 0 Å². The van der Waals surface area contributed by atoms with Crippen molar-refractivity contribution >= 4 is 46.4 Å². The molecule has 138 valence electrons. The molecular weight excluding hydrogens is 394 g/mol. The predicted molar refractivity (Wildman–Crippen MR) is 94.5 cm³/mol. The highest BCUT2D eigenvalue weighted by Gasteiger charge is 2.17. The van der Waals surface area contributed by atoms with Crippen molar-refractivity contribution in [3.63, 3.8) is 0 Å². The van der Waals surface area contributed by atoms with Gasteiger partial charge in [-0.1, -0.05) is 0 Å². The van der Waals surface area contributed by atoms with Crippen molar-refractivity contribution in [2.45, 2.75) is 0 Å². The summed E-state index contributed by atoms with van der Waals surface area (Å²) < 4.78 is 51.2. The van der Waals surface area contributed by atoms with Gasteiger partial charge in [-0.25, -0.2) is 18.2 Å². The summed E-state index contributed by atoms with van der Waals surface area (Å²) in [5.41, 5.74) is -0.199. The lowest BCUT2D eigenvalue weighted by Crippen LogP contribution is -2.03. The molecule has 2 aromatic carbocycles. The van der Waals surface area contributed by atoms with Gasteiger partial charge in [0.1, 0.15) is 17.3 Å². The molecule has 0 saturated heterocycles. The van der Waals surface area contributed by atoms with Crippen LogP contribution in [0, 0.1) is 17.5 Å². The van der Waals surface area contributed by atoms with Crippen molar-refractivity contribution < 1.29 is 22.6 Å². The number of fused-ring (bicyclic) bond motifs is 1. The molecule has 3 rings (SSSR count). The smallest absolute Gasteiger partial charge is 0.224 e. The lowest BCUT2D eigenvalue weighted by Gasteiger charge is -2.13. The number of hydrogen-bond donors (Lipinski definition) is 1. The number of anilines is 2. The molecular formula is C16H12Cl2F3N3O2. The number of nitrogens with one attached hydrogen (secondary N) is 1. The summed E-state index contributed by atoms with van der Waals surface area (Å²) in [6, 6.07) is 4.19. The third-order valence-corrected chi connectivity index (χ3v) is 3.59. The Hall–Kier alpha value is -2.45. The summed E-state index contributed by atoms with van der Waals surface area (Å²) in [5, 5.41) is 2.72. The Labute approximate surface area is 157 Å². The van der Waals surface area contributed by atoms with E-state index >= 15 is 0 Å². The highest BCUT2D eigenvalue weighted by Crippen LogP contribution is 2.36. The Balaban J connectivity index is 0.00000243. The summed E-state index contributed by atoms with van der Waals surface area (Å²) in [4.78, 5) is 8.00. The highest BCUT2D eigenvalue weighted by atomic mass is 35.5. The number of nitrogens with zero attached hydrogens (tertiary/aromatic N) is 2. The number of halogens is 5. The summed E-state index contributed by atoms with van der Waals surface area (Å²) in [7, 11) is 2.89. The topological polar surface area (TPSA) is 56.3 Å². The molecule has 0 saturated carbocycles. The molecule has 1 heterocycles. The van der Waals surface area contributed by atoms with E-state index < -0.39 is 23.1 Å². The molecule has 0 fully saturated rings. The second-order valence-electron chi connectivity index (χ2n) is 4.94. The van der Waals surface area contributed by atoms with Gasteiger partial charge in [-0.15, -0.1) is 12.4 Å². The van der Waals surface area contributed by atoms with Crippen LogP contribution in [0.4, 0.5) is 24.7 Å². The van der Waals surface area contributed by atoms with Crippen molar-refractivity contribution in [1.29, 1.82) is 0 Å². The van der Waals surface area contributed by atoms with E-state index in [0.717, 1.165) is 0 Å². The second kappa shape index (κ2) is 7.84. The second-order valence-corrected chi connectivity index (χ2v) is 5.27. The minimum atomic E-state index is -1.11. The molecule has 0 amide bonds. The van der Waals surface area contributed by atoms with Crippen LogP contribution >= 0.6 is 24.0 Å². The molecule has 0 radical (unpaired) electrons. The number of hydrogen-bond acceptors (Lipinski definition) is 5. The summed E-state index contributed by atoms with van der Waals surface area (Å²) in [6.07, 6.45) is 0. The van der Waals surface area contributed by atoms with Gasteiger partial charge in [-0.3, -0.25) is 0 Å². The molecule has 1 aromatic heterocycles. The van der Waals surface area contributed by atoms with E-state index in [1.54, 1.807) is 6.07 Å². The van der Waals surface area contributed by atoms with Gasteiger partial charge in [0.25, 0.3) is 0 Å². The third kappa shape index (κ3) is 3.71. The van der Waals surface area contributed by atoms with Crippen LogP contribution in [0.15, 0.2) is 24.3 Å². The van der Waals surface area contributed by atoms with Crippen LogP contribution in [0.5, 0.6) is 11.5 Å². The van der Waals surface area contributed by atoms with Crippen LogP contribution in [-0.2, 0) is 0 Å². The Kier molecular flexibility index (Phi) is 5.99. The highest BCUT2D eigenvalue weighted by molar-refractivity contribution is 6.28. The standard InChI is InChI=1S/C16H11ClF3N3O2.ClH/c1-24-12-5-8-11(6-13(12)25-2)21-16(17)23-15(8)22-14-9(19)3-7(18)4-10(14)20;/h3-6H,1-2H3,(H,21,22,23);1H. The molecule has 0 unspecified atom stereocenters. The van der Waals surface area contributed by atoms with Crippen molar-refractivity contribution in [3.8, 4) is 11.5 Å². The fraction of sp³-hybridized carbons (Fsp3) is 0.125. The predicted octanol–water partition coefficient (Wildman–Crippen LogP) is 4.88. The molecule has 1 N–H and O–H groups in total. The first-order valence-electron chi connectivity index (χ1n) is 6.93. The normalized spacial score (nSPS) is 10.4. The molecule has 10 heteroatoms. The molecule has 0 bridgehead atoms. The number of aromatic nitrogens is 2. The Morgan fingerprint density at radius 1 is 0.923 bits per heavy atom. The molecule has 5 nitrogen and oxygen atoms in total. The molecule has 0 aliphatic carbocycles. The van der Waals surface area contributed by atoms with Crippen LogP contribution in [0.25, 0.3) is 10.9 Å². The van der Waals surface area contributed by atoms with Gasteiger partial charge in [-0.05, 0) is 17.7 Å². The first-order valence-corrected chi connectivity index (χ1v) is 7.31. The minimum absolute atomic E-state index is 0. The molecule has 0 atom stereocenters. The molecule has 26 heavy (non-hydrogen) atoms. The average molecular weight is 406 g/mol. The Morgan fingerprint density at radius 2 is 1.50 bits per heavy atom. The van der Waals surface area contributed by atoms with Gasteiger partial charge < -0.3 is 14.8 Å². The molecule has 0 aliphatic rings. The van der Waals surface area contributed by atoms with E-state index in [9.17, 15) is 13.2 Å². The zero-order valence-corrected chi connectivity index (χ0v) is 15.0. The van der Waals surface area contributed by atoms with Crippen LogP contribution < -0.4 is 14.8 Å². The summed E-state index contributed by atoms with van der Waals surface area (Å²) in [6.45, 7) is 0. The van der Waals surface area contributed by atoms with Crippen LogP contribution in [0.1, 0.15) is 0 Å². The van der Waals surface area contributed by atoms with Crippen LogP contribution in [0.2, 0.25) is 5.28 Å². The van der Waals surface area contributed by atoms with Gasteiger partial charge >= 0.3 is 0 Å². The van der Waals surface area contributed by atoms with Gasteiger partial charge in [0, 0.05) is 23.6 Å². The van der Waals surface area contributed by atoms with E-state index in [4.69, 9.17) is 21.1 Å². The monoisotopic (exact) mass is 405 g/mol. The van der Waals surface area contributed by atoms with Crippen molar-refractivity contribution in [1.82, 2.24) is 9.97 Å². The van der Waals surface area contributed by atoms with E-state index in [1.807, 2.05) is 0 Å². The van der Waals surface area contributed by atoms with E-state index in [-0.39, 0.29) is 23.5 Å². The lowest BCUT2D eigenvalue weighted by molar-refractivity contribution is 0.356. The summed E-state index contributed by atoms with van der Waals surface area (Å²) in [5.74, 6) is -2.46. The maximum Gasteiger partial charge on any atom is 0.224 e. The SMILES string of the molecule is COc1cc2nc(Cl)nc(Nc3c(F)cc(F)cc3F)c2cc1OC.Cl. The molecule has 0 aliphatic heterocycles. The van der Waals surface area contributed by atoms with Gasteiger partial charge in [0.2, 0.25) is 5.28 Å². The maximum atomic E-state index is 13.9. The average Bonchev–Trinajstić information content (AvgIpc) is 2.56. The minimum Gasteiger partial charge on any atom is -0.493 e. The number of methoxy groups -OCH3 is 2. The quantitative estimate of drug-likeness (QED) is 0.626.